The summed E-state index contributed by atoms with van der Waals surface area (Å²) in [5.41, 5.74) is 2.42. The van der Waals surface area contributed by atoms with Crippen LogP contribution in [0, 0.1) is 0 Å². The molecule has 112 valence electrons. The lowest BCUT2D eigenvalue weighted by Gasteiger charge is -2.20. The first kappa shape index (κ1) is 15.5. The quantitative estimate of drug-likeness (QED) is 0.880. The maximum absolute atomic E-state index is 5.73. The van der Waals surface area contributed by atoms with Crippen molar-refractivity contribution in [1.82, 2.24) is 10.3 Å². The van der Waals surface area contributed by atoms with E-state index in [-0.39, 0.29) is 5.54 Å². The molecule has 1 N–H and O–H groups in total. The summed E-state index contributed by atoms with van der Waals surface area (Å²) >= 11 is 0. The van der Waals surface area contributed by atoms with Crippen molar-refractivity contribution in [2.45, 2.75) is 39.3 Å². The zero-order chi connectivity index (χ0) is 15.1. The molecule has 2 rings (SSSR count). The van der Waals surface area contributed by atoms with Gasteiger partial charge in [-0.2, -0.15) is 0 Å². The van der Waals surface area contributed by atoms with Crippen LogP contribution in [0.4, 0.5) is 0 Å². The molecular formula is C18H24N2O. The van der Waals surface area contributed by atoms with Crippen LogP contribution in [0.15, 0.2) is 48.7 Å². The van der Waals surface area contributed by atoms with Gasteiger partial charge in [0.05, 0.1) is 18.5 Å². The largest absolute Gasteiger partial charge is 0.492 e. The second-order valence-electron chi connectivity index (χ2n) is 6.17. The van der Waals surface area contributed by atoms with E-state index in [1.807, 2.05) is 30.3 Å². The van der Waals surface area contributed by atoms with Crippen LogP contribution in [0.5, 0.6) is 5.75 Å². The molecule has 0 atom stereocenters. The van der Waals surface area contributed by atoms with Crippen LogP contribution in [-0.2, 0) is 13.0 Å². The van der Waals surface area contributed by atoms with Crippen LogP contribution in [0.25, 0.3) is 0 Å². The zero-order valence-electron chi connectivity index (χ0n) is 13.1. The van der Waals surface area contributed by atoms with Crippen LogP contribution in [0.2, 0.25) is 0 Å². The summed E-state index contributed by atoms with van der Waals surface area (Å²) in [6.07, 6.45) is 2.71. The lowest BCUT2D eigenvalue weighted by atomic mass is 10.1. The maximum atomic E-state index is 5.73. The molecule has 21 heavy (non-hydrogen) atoms. The fraction of sp³-hybridized carbons (Fsp3) is 0.389. The van der Waals surface area contributed by atoms with Gasteiger partial charge in [0.1, 0.15) is 5.75 Å². The smallest absolute Gasteiger partial charge is 0.137 e. The Labute approximate surface area is 127 Å². The Kier molecular flexibility index (Phi) is 5.34. The number of ether oxygens (including phenoxy) is 1. The molecule has 0 aliphatic carbocycles. The fourth-order valence-corrected chi connectivity index (χ4v) is 1.89. The van der Waals surface area contributed by atoms with Gasteiger partial charge in [0.15, 0.2) is 0 Å². The van der Waals surface area contributed by atoms with Gasteiger partial charge in [-0.3, -0.25) is 4.98 Å². The first-order chi connectivity index (χ1) is 10.0. The Morgan fingerprint density at radius 1 is 1.05 bits per heavy atom. The van der Waals surface area contributed by atoms with Crippen molar-refractivity contribution in [2.75, 3.05) is 6.61 Å². The molecule has 1 heterocycles. The Balaban J connectivity index is 1.77. The highest BCUT2D eigenvalue weighted by molar-refractivity contribution is 5.20. The van der Waals surface area contributed by atoms with Gasteiger partial charge in [-0.05, 0) is 38.5 Å². The van der Waals surface area contributed by atoms with E-state index in [0.29, 0.717) is 6.61 Å². The standard InChI is InChI=1S/C18H24N2O/c1-18(2,3)20-13-16-9-10-17(14-19-16)21-12-11-15-7-5-4-6-8-15/h4-10,14,20H,11-13H2,1-3H3. The summed E-state index contributed by atoms with van der Waals surface area (Å²) in [6.45, 7) is 7.88. The number of nitrogens with zero attached hydrogens (tertiary/aromatic N) is 1. The van der Waals surface area contributed by atoms with E-state index < -0.39 is 0 Å². The number of nitrogens with one attached hydrogen (secondary N) is 1. The van der Waals surface area contributed by atoms with Gasteiger partial charge in [0.2, 0.25) is 0 Å². The van der Waals surface area contributed by atoms with E-state index >= 15 is 0 Å². The number of benzene rings is 1. The molecular weight excluding hydrogens is 260 g/mol. The summed E-state index contributed by atoms with van der Waals surface area (Å²) in [7, 11) is 0. The number of hydrogen-bond donors (Lipinski definition) is 1. The Bertz CT molecular complexity index is 529. The highest BCUT2D eigenvalue weighted by Crippen LogP contribution is 2.11. The molecule has 3 heteroatoms. The van der Waals surface area contributed by atoms with Crippen molar-refractivity contribution in [3.63, 3.8) is 0 Å². The molecule has 2 aromatic rings. The summed E-state index contributed by atoms with van der Waals surface area (Å²) < 4.78 is 5.73. The average Bonchev–Trinajstić information content (AvgIpc) is 2.47. The van der Waals surface area contributed by atoms with Crippen LogP contribution in [0.1, 0.15) is 32.0 Å². The highest BCUT2D eigenvalue weighted by atomic mass is 16.5. The molecule has 0 amide bonds. The van der Waals surface area contributed by atoms with Gasteiger partial charge < -0.3 is 10.1 Å². The van der Waals surface area contributed by atoms with Crippen LogP contribution in [0.3, 0.4) is 0 Å². The van der Waals surface area contributed by atoms with E-state index in [9.17, 15) is 0 Å². The molecule has 0 fully saturated rings. The molecule has 0 radical (unpaired) electrons. The van der Waals surface area contributed by atoms with Crippen molar-refractivity contribution in [3.05, 3.63) is 59.9 Å². The molecule has 0 bridgehead atoms. The van der Waals surface area contributed by atoms with E-state index in [4.69, 9.17) is 4.74 Å². The third-order valence-corrected chi connectivity index (χ3v) is 3.10. The molecule has 0 spiro atoms. The monoisotopic (exact) mass is 284 g/mol. The number of rotatable bonds is 6. The Hall–Kier alpha value is -1.87. The van der Waals surface area contributed by atoms with Gasteiger partial charge in [-0.25, -0.2) is 0 Å². The van der Waals surface area contributed by atoms with Gasteiger partial charge in [0, 0.05) is 18.5 Å². The normalized spacial score (nSPS) is 11.4. The Morgan fingerprint density at radius 3 is 2.43 bits per heavy atom. The van der Waals surface area contributed by atoms with Crippen molar-refractivity contribution >= 4 is 0 Å². The highest BCUT2D eigenvalue weighted by Gasteiger charge is 2.08. The van der Waals surface area contributed by atoms with Crippen LogP contribution >= 0.6 is 0 Å². The van der Waals surface area contributed by atoms with E-state index in [2.05, 4.69) is 43.2 Å². The second-order valence-corrected chi connectivity index (χ2v) is 6.17. The van der Waals surface area contributed by atoms with Crippen molar-refractivity contribution in [2.24, 2.45) is 0 Å². The van der Waals surface area contributed by atoms with Gasteiger partial charge >= 0.3 is 0 Å². The zero-order valence-corrected chi connectivity index (χ0v) is 13.1. The summed E-state index contributed by atoms with van der Waals surface area (Å²) in [5.74, 6) is 0.824. The first-order valence-electron chi connectivity index (χ1n) is 7.40. The summed E-state index contributed by atoms with van der Waals surface area (Å²) in [4.78, 5) is 4.42. The lowest BCUT2D eigenvalue weighted by molar-refractivity contribution is 0.320. The predicted octanol–water partition coefficient (Wildman–Crippen LogP) is 3.59. The maximum Gasteiger partial charge on any atom is 0.137 e. The molecule has 3 nitrogen and oxygen atoms in total. The van der Waals surface area contributed by atoms with Crippen molar-refractivity contribution < 1.29 is 4.74 Å². The Morgan fingerprint density at radius 2 is 1.81 bits per heavy atom. The van der Waals surface area contributed by atoms with Crippen LogP contribution < -0.4 is 10.1 Å². The lowest BCUT2D eigenvalue weighted by Crippen LogP contribution is -2.35. The molecule has 1 aromatic carbocycles. The molecule has 0 aliphatic heterocycles. The molecule has 0 unspecified atom stereocenters. The van der Waals surface area contributed by atoms with Gasteiger partial charge in [-0.1, -0.05) is 30.3 Å². The van der Waals surface area contributed by atoms with E-state index in [1.165, 1.54) is 5.56 Å². The minimum atomic E-state index is 0.104. The fourth-order valence-electron chi connectivity index (χ4n) is 1.89. The molecule has 0 saturated carbocycles. The van der Waals surface area contributed by atoms with Gasteiger partial charge in [0.25, 0.3) is 0 Å². The minimum absolute atomic E-state index is 0.104. The topological polar surface area (TPSA) is 34.1 Å². The van der Waals surface area contributed by atoms with Crippen molar-refractivity contribution in [3.8, 4) is 5.75 Å². The van der Waals surface area contributed by atoms with Crippen molar-refractivity contribution in [1.29, 1.82) is 0 Å². The van der Waals surface area contributed by atoms with E-state index in [0.717, 1.165) is 24.4 Å². The SMILES string of the molecule is CC(C)(C)NCc1ccc(OCCc2ccccc2)cn1. The van der Waals surface area contributed by atoms with Gasteiger partial charge in [-0.15, -0.1) is 0 Å². The second kappa shape index (κ2) is 7.23. The number of pyridine rings is 1. The first-order valence-corrected chi connectivity index (χ1v) is 7.40. The predicted molar refractivity (Wildman–Crippen MR) is 86.5 cm³/mol. The number of aromatic nitrogens is 1. The van der Waals surface area contributed by atoms with E-state index in [1.54, 1.807) is 6.20 Å². The third kappa shape index (κ3) is 5.96. The summed E-state index contributed by atoms with van der Waals surface area (Å²) in [5, 5.41) is 3.42. The summed E-state index contributed by atoms with van der Waals surface area (Å²) in [6, 6.07) is 14.3. The number of hydrogen-bond acceptors (Lipinski definition) is 3. The third-order valence-electron chi connectivity index (χ3n) is 3.10. The minimum Gasteiger partial charge on any atom is -0.492 e. The molecule has 1 aromatic heterocycles. The average molecular weight is 284 g/mol. The molecule has 0 aliphatic rings. The molecule has 0 saturated heterocycles. The van der Waals surface area contributed by atoms with Crippen LogP contribution in [-0.4, -0.2) is 17.1 Å².